The van der Waals surface area contributed by atoms with Gasteiger partial charge in [0.05, 0.1) is 0 Å². The number of esters is 3. The summed E-state index contributed by atoms with van der Waals surface area (Å²) in [6.45, 7) is 8.87. The van der Waals surface area contributed by atoms with Gasteiger partial charge >= 0.3 is 17.9 Å². The highest BCUT2D eigenvalue weighted by atomic mass is 16.6. The maximum Gasteiger partial charge on any atom is 0.306 e. The van der Waals surface area contributed by atoms with Gasteiger partial charge < -0.3 is 14.2 Å². The zero-order valence-corrected chi connectivity index (χ0v) is 32.4. The highest BCUT2D eigenvalue weighted by Gasteiger charge is 2.19. The molecule has 0 heterocycles. The molecule has 284 valence electrons. The summed E-state index contributed by atoms with van der Waals surface area (Å²) < 4.78 is 16.5. The van der Waals surface area contributed by atoms with E-state index in [1.807, 2.05) is 0 Å². The van der Waals surface area contributed by atoms with Gasteiger partial charge in [-0.3, -0.25) is 14.4 Å². The van der Waals surface area contributed by atoms with Crippen molar-refractivity contribution < 1.29 is 28.6 Å². The van der Waals surface area contributed by atoms with E-state index in [0.717, 1.165) is 70.1 Å². The molecule has 0 spiro atoms. The Labute approximate surface area is 298 Å². The molecule has 0 fully saturated rings. The van der Waals surface area contributed by atoms with Gasteiger partial charge in [-0.05, 0) is 25.2 Å². The van der Waals surface area contributed by atoms with Crippen molar-refractivity contribution >= 4 is 17.9 Å². The fraction of sp³-hybridized carbons (Fsp3) is 0.929. The molecule has 6 nitrogen and oxygen atoms in total. The molecular weight excluding hydrogens is 600 g/mol. The highest BCUT2D eigenvalue weighted by Crippen LogP contribution is 2.15. The molecule has 0 N–H and O–H groups in total. The van der Waals surface area contributed by atoms with Crippen LogP contribution in [0.25, 0.3) is 0 Å². The third-order valence-corrected chi connectivity index (χ3v) is 9.29. The summed E-state index contributed by atoms with van der Waals surface area (Å²) in [7, 11) is 0. The Morgan fingerprint density at radius 1 is 0.396 bits per heavy atom. The Bertz CT molecular complexity index is 721. The van der Waals surface area contributed by atoms with Crippen LogP contribution in [0, 0.1) is 5.92 Å². The van der Waals surface area contributed by atoms with Crippen LogP contribution in [0.5, 0.6) is 0 Å². The minimum atomic E-state index is -0.757. The Morgan fingerprint density at radius 2 is 0.688 bits per heavy atom. The SMILES string of the molecule is CCCCCCCCCCCCCCCCC(=O)O[C@@H](COC(=O)CCCCCCC)COC(=O)CCCCCCCCCCC(C)C. The van der Waals surface area contributed by atoms with Crippen LogP contribution in [0.4, 0.5) is 0 Å². The lowest BCUT2D eigenvalue weighted by atomic mass is 10.0. The van der Waals surface area contributed by atoms with Crippen LogP contribution in [-0.4, -0.2) is 37.2 Å². The van der Waals surface area contributed by atoms with Crippen LogP contribution in [0.3, 0.4) is 0 Å². The lowest BCUT2D eigenvalue weighted by Gasteiger charge is -2.18. The van der Waals surface area contributed by atoms with Crippen LogP contribution < -0.4 is 0 Å². The quantitative estimate of drug-likeness (QED) is 0.0369. The molecule has 0 aliphatic heterocycles. The fourth-order valence-electron chi connectivity index (χ4n) is 6.10. The summed E-state index contributed by atoms with van der Waals surface area (Å²) in [6.07, 6.45) is 34.0. The summed E-state index contributed by atoms with van der Waals surface area (Å²) in [5.41, 5.74) is 0. The van der Waals surface area contributed by atoms with Crippen LogP contribution in [0.15, 0.2) is 0 Å². The molecule has 48 heavy (non-hydrogen) atoms. The van der Waals surface area contributed by atoms with Gasteiger partial charge in [-0.15, -0.1) is 0 Å². The predicted molar refractivity (Wildman–Crippen MR) is 201 cm³/mol. The maximum atomic E-state index is 12.6. The number of carbonyl (C=O) groups is 3. The minimum absolute atomic E-state index is 0.0660. The lowest BCUT2D eigenvalue weighted by molar-refractivity contribution is -0.167. The molecule has 0 radical (unpaired) electrons. The molecule has 0 aliphatic rings. The number of rotatable bonds is 37. The molecule has 6 heteroatoms. The zero-order chi connectivity index (χ0) is 35.3. The molecule has 0 aromatic rings. The normalized spacial score (nSPS) is 11.9. The average Bonchev–Trinajstić information content (AvgIpc) is 3.06. The van der Waals surface area contributed by atoms with Crippen molar-refractivity contribution in [3.63, 3.8) is 0 Å². The summed E-state index contributed by atoms with van der Waals surface area (Å²) in [6, 6.07) is 0. The van der Waals surface area contributed by atoms with Gasteiger partial charge in [-0.25, -0.2) is 0 Å². The first-order valence-corrected chi connectivity index (χ1v) is 20.9. The largest absolute Gasteiger partial charge is 0.462 e. The molecule has 0 saturated heterocycles. The minimum Gasteiger partial charge on any atom is -0.462 e. The van der Waals surface area contributed by atoms with Gasteiger partial charge in [-0.1, -0.05) is 188 Å². The molecule has 0 unspecified atom stereocenters. The fourth-order valence-corrected chi connectivity index (χ4v) is 6.10. The smallest absolute Gasteiger partial charge is 0.306 e. The zero-order valence-electron chi connectivity index (χ0n) is 32.4. The molecule has 0 aromatic heterocycles. The van der Waals surface area contributed by atoms with Crippen LogP contribution in [-0.2, 0) is 28.6 Å². The Morgan fingerprint density at radius 3 is 1.02 bits per heavy atom. The van der Waals surface area contributed by atoms with Crippen molar-refractivity contribution in [1.82, 2.24) is 0 Å². The Hall–Kier alpha value is -1.59. The Kier molecular flexibility index (Phi) is 35.5. The lowest BCUT2D eigenvalue weighted by Crippen LogP contribution is -2.30. The standard InChI is InChI=1S/C42H80O6/c1-5-7-9-11-12-13-14-15-16-17-18-23-27-31-35-42(45)48-39(36-46-40(43)33-29-24-10-8-6-2)37-47-41(44)34-30-26-22-20-19-21-25-28-32-38(3)4/h38-39H,5-37H2,1-4H3/t39-/m0/s1. The number of carbonyl (C=O) groups excluding carboxylic acids is 3. The third kappa shape index (κ3) is 35.7. The summed E-state index contributed by atoms with van der Waals surface area (Å²) in [5.74, 6) is -0.0782. The molecule has 0 saturated carbocycles. The van der Waals surface area contributed by atoms with Crippen molar-refractivity contribution in [3.05, 3.63) is 0 Å². The average molecular weight is 681 g/mol. The molecular formula is C42H80O6. The first-order chi connectivity index (χ1) is 23.4. The molecule has 1 atom stereocenters. The van der Waals surface area contributed by atoms with E-state index < -0.39 is 6.10 Å². The van der Waals surface area contributed by atoms with Crippen molar-refractivity contribution in [2.45, 2.75) is 233 Å². The van der Waals surface area contributed by atoms with E-state index in [2.05, 4.69) is 27.7 Å². The van der Waals surface area contributed by atoms with Crippen LogP contribution >= 0.6 is 0 Å². The number of hydrogen-bond donors (Lipinski definition) is 0. The number of unbranched alkanes of at least 4 members (excludes halogenated alkanes) is 24. The summed E-state index contributed by atoms with van der Waals surface area (Å²) >= 11 is 0. The van der Waals surface area contributed by atoms with E-state index in [1.165, 1.54) is 116 Å². The van der Waals surface area contributed by atoms with Crippen LogP contribution in [0.2, 0.25) is 0 Å². The van der Waals surface area contributed by atoms with Gasteiger partial charge in [0.1, 0.15) is 13.2 Å². The van der Waals surface area contributed by atoms with E-state index in [0.29, 0.717) is 19.3 Å². The van der Waals surface area contributed by atoms with E-state index in [4.69, 9.17) is 14.2 Å². The van der Waals surface area contributed by atoms with Crippen molar-refractivity contribution in [3.8, 4) is 0 Å². The second kappa shape index (κ2) is 36.7. The monoisotopic (exact) mass is 681 g/mol. The second-order valence-corrected chi connectivity index (χ2v) is 14.7. The number of ether oxygens (including phenoxy) is 3. The first-order valence-electron chi connectivity index (χ1n) is 20.9. The first kappa shape index (κ1) is 46.4. The highest BCUT2D eigenvalue weighted by molar-refractivity contribution is 5.71. The van der Waals surface area contributed by atoms with Crippen LogP contribution in [0.1, 0.15) is 227 Å². The summed E-state index contributed by atoms with van der Waals surface area (Å²) in [5, 5.41) is 0. The van der Waals surface area contributed by atoms with E-state index in [-0.39, 0.29) is 31.1 Å². The van der Waals surface area contributed by atoms with Crippen molar-refractivity contribution in [2.24, 2.45) is 5.92 Å². The molecule has 0 rings (SSSR count). The van der Waals surface area contributed by atoms with E-state index in [1.54, 1.807) is 0 Å². The van der Waals surface area contributed by atoms with Crippen molar-refractivity contribution in [1.29, 1.82) is 0 Å². The third-order valence-electron chi connectivity index (χ3n) is 9.29. The van der Waals surface area contributed by atoms with Gasteiger partial charge in [0.15, 0.2) is 6.10 Å². The van der Waals surface area contributed by atoms with Crippen molar-refractivity contribution in [2.75, 3.05) is 13.2 Å². The second-order valence-electron chi connectivity index (χ2n) is 14.7. The predicted octanol–water partition coefficient (Wildman–Crippen LogP) is 12.8. The molecule has 0 bridgehead atoms. The van der Waals surface area contributed by atoms with E-state index >= 15 is 0 Å². The molecule has 0 amide bonds. The van der Waals surface area contributed by atoms with Gasteiger partial charge in [-0.2, -0.15) is 0 Å². The number of hydrogen-bond acceptors (Lipinski definition) is 6. The Balaban J connectivity index is 4.23. The van der Waals surface area contributed by atoms with E-state index in [9.17, 15) is 14.4 Å². The van der Waals surface area contributed by atoms with Gasteiger partial charge in [0, 0.05) is 19.3 Å². The molecule has 0 aromatic carbocycles. The summed E-state index contributed by atoms with van der Waals surface area (Å²) in [4.78, 5) is 37.3. The topological polar surface area (TPSA) is 78.9 Å². The van der Waals surface area contributed by atoms with Gasteiger partial charge in [0.25, 0.3) is 0 Å². The molecule has 0 aliphatic carbocycles. The van der Waals surface area contributed by atoms with Gasteiger partial charge in [0.2, 0.25) is 0 Å². The maximum absolute atomic E-state index is 12.6.